The van der Waals surface area contributed by atoms with E-state index in [-0.39, 0.29) is 11.1 Å². The molecule has 0 fully saturated rings. The summed E-state index contributed by atoms with van der Waals surface area (Å²) in [5.74, 6) is 0. The molecule has 0 bridgehead atoms. The van der Waals surface area contributed by atoms with Gasteiger partial charge in [0.1, 0.15) is 6.07 Å². The van der Waals surface area contributed by atoms with Crippen molar-refractivity contribution in [1.29, 1.82) is 5.26 Å². The second-order valence-electron chi connectivity index (χ2n) is 2.91. The van der Waals surface area contributed by atoms with Crippen molar-refractivity contribution in [3.8, 4) is 6.07 Å². The summed E-state index contributed by atoms with van der Waals surface area (Å²) in [4.78, 5) is 14.4. The van der Waals surface area contributed by atoms with E-state index in [1.54, 1.807) is 18.2 Å². The van der Waals surface area contributed by atoms with Crippen molar-refractivity contribution < 1.29 is 0 Å². The van der Waals surface area contributed by atoms with E-state index in [0.717, 1.165) is 0 Å². The minimum atomic E-state index is -0.240. The molecule has 1 heterocycles. The molecule has 1 aromatic heterocycles. The Kier molecular flexibility index (Phi) is 1.72. The van der Waals surface area contributed by atoms with Gasteiger partial charge in [0.15, 0.2) is 0 Å². The number of H-pyrrole nitrogens is 1. The number of nitrogens with zero attached hydrogens (tertiary/aromatic N) is 1. The molecule has 3 N–H and O–H groups in total. The van der Waals surface area contributed by atoms with Crippen LogP contribution < -0.4 is 11.2 Å². The SMILES string of the molecule is N#Cc1cccc2c(=O)c(N)c[nH]c12. The first-order valence-electron chi connectivity index (χ1n) is 4.04. The summed E-state index contributed by atoms with van der Waals surface area (Å²) >= 11 is 0. The number of fused-ring (bicyclic) bond motifs is 1. The summed E-state index contributed by atoms with van der Waals surface area (Å²) in [5.41, 5.74) is 6.35. The summed E-state index contributed by atoms with van der Waals surface area (Å²) in [6.07, 6.45) is 1.41. The van der Waals surface area contributed by atoms with Gasteiger partial charge in [0.25, 0.3) is 0 Å². The van der Waals surface area contributed by atoms with Gasteiger partial charge in [-0.1, -0.05) is 6.07 Å². The number of aromatic nitrogens is 1. The van der Waals surface area contributed by atoms with Gasteiger partial charge in [-0.15, -0.1) is 0 Å². The average molecular weight is 185 g/mol. The van der Waals surface area contributed by atoms with Gasteiger partial charge in [-0.2, -0.15) is 5.26 Å². The zero-order valence-corrected chi connectivity index (χ0v) is 7.24. The van der Waals surface area contributed by atoms with Gasteiger partial charge in [-0.25, -0.2) is 0 Å². The third-order valence-corrected chi connectivity index (χ3v) is 2.06. The van der Waals surface area contributed by atoms with Gasteiger partial charge in [0, 0.05) is 11.6 Å². The lowest BCUT2D eigenvalue weighted by Gasteiger charge is -1.99. The third-order valence-electron chi connectivity index (χ3n) is 2.06. The molecule has 0 saturated carbocycles. The summed E-state index contributed by atoms with van der Waals surface area (Å²) in [6, 6.07) is 6.96. The molecule has 4 heteroatoms. The van der Waals surface area contributed by atoms with Gasteiger partial charge in [0.2, 0.25) is 5.43 Å². The Hall–Kier alpha value is -2.28. The lowest BCUT2D eigenvalue weighted by molar-refractivity contribution is 1.37. The molecule has 4 nitrogen and oxygen atoms in total. The Balaban J connectivity index is 3.02. The molecule has 14 heavy (non-hydrogen) atoms. The first-order valence-corrected chi connectivity index (χ1v) is 4.04. The van der Waals surface area contributed by atoms with Crippen molar-refractivity contribution in [1.82, 2.24) is 4.98 Å². The molecule has 0 aliphatic rings. The highest BCUT2D eigenvalue weighted by atomic mass is 16.1. The first kappa shape index (κ1) is 8.32. The highest BCUT2D eigenvalue weighted by Crippen LogP contribution is 2.12. The summed E-state index contributed by atoms with van der Waals surface area (Å²) in [5, 5.41) is 9.24. The molecule has 0 unspecified atom stereocenters. The van der Waals surface area contributed by atoms with E-state index in [2.05, 4.69) is 4.98 Å². The molecule has 2 rings (SSSR count). The predicted octanol–water partition coefficient (Wildman–Crippen LogP) is 0.982. The number of aromatic amines is 1. The normalized spacial score (nSPS) is 9.93. The van der Waals surface area contributed by atoms with E-state index in [0.29, 0.717) is 16.5 Å². The van der Waals surface area contributed by atoms with Crippen LogP contribution in [-0.4, -0.2) is 4.98 Å². The zero-order chi connectivity index (χ0) is 10.1. The number of nitrogen functional groups attached to an aromatic ring is 1. The molecule has 0 aliphatic carbocycles. The molecular weight excluding hydrogens is 178 g/mol. The van der Waals surface area contributed by atoms with E-state index in [1.807, 2.05) is 6.07 Å². The topological polar surface area (TPSA) is 82.7 Å². The highest BCUT2D eigenvalue weighted by molar-refractivity contribution is 5.85. The van der Waals surface area contributed by atoms with Crippen molar-refractivity contribution in [2.45, 2.75) is 0 Å². The van der Waals surface area contributed by atoms with Gasteiger partial charge in [-0.05, 0) is 12.1 Å². The van der Waals surface area contributed by atoms with Crippen LogP contribution in [0.4, 0.5) is 5.69 Å². The monoisotopic (exact) mass is 185 g/mol. The molecular formula is C10H7N3O. The van der Waals surface area contributed by atoms with Crippen molar-refractivity contribution in [2.75, 3.05) is 5.73 Å². The minimum absolute atomic E-state index is 0.160. The van der Waals surface area contributed by atoms with Crippen LogP contribution in [0.3, 0.4) is 0 Å². The van der Waals surface area contributed by atoms with Crippen LogP contribution in [-0.2, 0) is 0 Å². The summed E-state index contributed by atoms with van der Waals surface area (Å²) in [7, 11) is 0. The zero-order valence-electron chi connectivity index (χ0n) is 7.24. The van der Waals surface area contributed by atoms with Crippen molar-refractivity contribution >= 4 is 16.6 Å². The minimum Gasteiger partial charge on any atom is -0.394 e. The smallest absolute Gasteiger partial charge is 0.212 e. The number of benzene rings is 1. The molecule has 0 amide bonds. The van der Waals surface area contributed by atoms with Crippen LogP contribution in [0.15, 0.2) is 29.2 Å². The highest BCUT2D eigenvalue weighted by Gasteiger charge is 2.04. The maximum absolute atomic E-state index is 11.5. The Labute approximate surface area is 79.6 Å². The fourth-order valence-corrected chi connectivity index (χ4v) is 1.36. The maximum atomic E-state index is 11.5. The van der Waals surface area contributed by atoms with Crippen molar-refractivity contribution in [2.24, 2.45) is 0 Å². The second-order valence-corrected chi connectivity index (χ2v) is 2.91. The predicted molar refractivity (Wildman–Crippen MR) is 53.7 cm³/mol. The lowest BCUT2D eigenvalue weighted by atomic mass is 10.1. The molecule has 0 atom stereocenters. The number of anilines is 1. The third kappa shape index (κ3) is 1.04. The van der Waals surface area contributed by atoms with E-state index < -0.39 is 0 Å². The number of para-hydroxylation sites is 1. The van der Waals surface area contributed by atoms with E-state index in [1.165, 1.54) is 6.20 Å². The first-order chi connectivity index (χ1) is 6.74. The number of hydrogen-bond acceptors (Lipinski definition) is 3. The van der Waals surface area contributed by atoms with E-state index in [4.69, 9.17) is 11.0 Å². The Morgan fingerprint density at radius 3 is 2.93 bits per heavy atom. The van der Waals surface area contributed by atoms with E-state index in [9.17, 15) is 4.79 Å². The van der Waals surface area contributed by atoms with Crippen LogP contribution in [0.25, 0.3) is 10.9 Å². The number of nitrogens with one attached hydrogen (secondary N) is 1. The van der Waals surface area contributed by atoms with Crippen LogP contribution in [0.1, 0.15) is 5.56 Å². The second kappa shape index (κ2) is 2.89. The van der Waals surface area contributed by atoms with Crippen molar-refractivity contribution in [3.05, 3.63) is 40.2 Å². The van der Waals surface area contributed by atoms with Gasteiger partial charge in [-0.3, -0.25) is 4.79 Å². The quantitative estimate of drug-likeness (QED) is 0.641. The Morgan fingerprint density at radius 1 is 1.43 bits per heavy atom. The fraction of sp³-hybridized carbons (Fsp3) is 0. The molecule has 0 radical (unpaired) electrons. The lowest BCUT2D eigenvalue weighted by Crippen LogP contribution is -2.09. The van der Waals surface area contributed by atoms with Gasteiger partial charge < -0.3 is 10.7 Å². The van der Waals surface area contributed by atoms with Crippen LogP contribution in [0.5, 0.6) is 0 Å². The fourth-order valence-electron chi connectivity index (χ4n) is 1.36. The Morgan fingerprint density at radius 2 is 2.21 bits per heavy atom. The van der Waals surface area contributed by atoms with Gasteiger partial charge >= 0.3 is 0 Å². The number of nitriles is 1. The number of rotatable bonds is 0. The largest absolute Gasteiger partial charge is 0.394 e. The number of nitrogens with two attached hydrogens (primary N) is 1. The average Bonchev–Trinajstić information content (AvgIpc) is 2.23. The molecule has 68 valence electrons. The number of hydrogen-bond donors (Lipinski definition) is 2. The molecule has 0 spiro atoms. The standard InChI is InChI=1S/C10H7N3O/c11-4-6-2-1-3-7-9(6)13-5-8(12)10(7)14/h1-3,5H,12H2,(H,13,14). The van der Waals surface area contributed by atoms with E-state index >= 15 is 0 Å². The Bertz CT molecular complexity index is 592. The summed E-state index contributed by atoms with van der Waals surface area (Å²) < 4.78 is 0. The van der Waals surface area contributed by atoms with Crippen LogP contribution in [0, 0.1) is 11.3 Å². The van der Waals surface area contributed by atoms with Crippen LogP contribution in [0.2, 0.25) is 0 Å². The van der Waals surface area contributed by atoms with Crippen molar-refractivity contribution in [3.63, 3.8) is 0 Å². The number of pyridine rings is 1. The van der Waals surface area contributed by atoms with Gasteiger partial charge in [0.05, 0.1) is 16.8 Å². The molecule has 2 aromatic rings. The molecule has 0 saturated heterocycles. The summed E-state index contributed by atoms with van der Waals surface area (Å²) in [6.45, 7) is 0. The van der Waals surface area contributed by atoms with Crippen LogP contribution >= 0.6 is 0 Å². The maximum Gasteiger partial charge on any atom is 0.212 e. The molecule has 1 aromatic carbocycles. The molecule has 0 aliphatic heterocycles.